The summed E-state index contributed by atoms with van der Waals surface area (Å²) in [5, 5.41) is 17.3. The molecule has 0 aliphatic carbocycles. The Labute approximate surface area is 107 Å². The molecule has 0 aliphatic rings. The molecular weight excluding hydrogens is 251 g/mol. The van der Waals surface area contributed by atoms with Gasteiger partial charge in [0.2, 0.25) is 5.88 Å². The second-order valence-electron chi connectivity index (χ2n) is 3.55. The number of ether oxygens (including phenoxy) is 1. The van der Waals surface area contributed by atoms with Crippen molar-refractivity contribution in [3.63, 3.8) is 0 Å². The van der Waals surface area contributed by atoms with Crippen molar-refractivity contribution in [1.29, 1.82) is 5.26 Å². The van der Waals surface area contributed by atoms with Crippen LogP contribution in [-0.4, -0.2) is 16.1 Å². The summed E-state index contributed by atoms with van der Waals surface area (Å²) in [5.41, 5.74) is 0.187. The highest BCUT2D eigenvalue weighted by Crippen LogP contribution is 2.23. The van der Waals surface area contributed by atoms with Crippen molar-refractivity contribution in [2.45, 2.75) is 0 Å². The molecule has 0 aliphatic heterocycles. The predicted octanol–water partition coefficient (Wildman–Crippen LogP) is 2.58. The van der Waals surface area contributed by atoms with E-state index in [4.69, 9.17) is 15.1 Å². The number of carboxylic acids is 1. The molecule has 6 heteroatoms. The lowest BCUT2D eigenvalue weighted by molar-refractivity contribution is 0.0696. The third-order valence-electron chi connectivity index (χ3n) is 2.26. The Morgan fingerprint density at radius 2 is 2.16 bits per heavy atom. The van der Waals surface area contributed by atoms with Crippen LogP contribution in [0.15, 0.2) is 36.5 Å². The molecular formula is C13H7FN2O3. The predicted molar refractivity (Wildman–Crippen MR) is 62.4 cm³/mol. The first-order valence-electron chi connectivity index (χ1n) is 5.17. The van der Waals surface area contributed by atoms with E-state index in [2.05, 4.69) is 4.98 Å². The Morgan fingerprint density at radius 1 is 1.37 bits per heavy atom. The highest BCUT2D eigenvalue weighted by Gasteiger charge is 2.08. The number of carboxylic acid groups (broad SMARTS) is 1. The fourth-order valence-electron chi connectivity index (χ4n) is 1.33. The minimum Gasteiger partial charge on any atom is -0.478 e. The monoisotopic (exact) mass is 258 g/mol. The number of aromatic nitrogens is 1. The van der Waals surface area contributed by atoms with Crippen molar-refractivity contribution >= 4 is 5.97 Å². The van der Waals surface area contributed by atoms with Crippen LogP contribution in [0.2, 0.25) is 0 Å². The van der Waals surface area contributed by atoms with Crippen LogP contribution in [0.3, 0.4) is 0 Å². The first kappa shape index (κ1) is 12.5. The van der Waals surface area contributed by atoms with Crippen LogP contribution in [0.25, 0.3) is 0 Å². The lowest BCUT2D eigenvalue weighted by Crippen LogP contribution is -1.98. The largest absolute Gasteiger partial charge is 0.478 e. The maximum absolute atomic E-state index is 13.5. The maximum Gasteiger partial charge on any atom is 0.337 e. The number of rotatable bonds is 3. The molecule has 0 saturated heterocycles. The van der Waals surface area contributed by atoms with Crippen LogP contribution >= 0.6 is 0 Å². The van der Waals surface area contributed by atoms with Crippen LogP contribution in [0.5, 0.6) is 11.6 Å². The second-order valence-corrected chi connectivity index (χ2v) is 3.55. The Balaban J connectivity index is 2.22. The molecule has 5 nitrogen and oxygen atoms in total. The third kappa shape index (κ3) is 2.84. The average molecular weight is 258 g/mol. The molecule has 2 aromatic rings. The number of benzene rings is 1. The number of carbonyl (C=O) groups is 1. The zero-order chi connectivity index (χ0) is 13.8. The first-order valence-corrected chi connectivity index (χ1v) is 5.17. The molecule has 0 saturated carbocycles. The molecule has 0 fully saturated rings. The van der Waals surface area contributed by atoms with Gasteiger partial charge >= 0.3 is 5.97 Å². The van der Waals surface area contributed by atoms with Crippen LogP contribution in [0.4, 0.5) is 4.39 Å². The molecule has 0 bridgehead atoms. The molecule has 1 heterocycles. The van der Waals surface area contributed by atoms with Crippen molar-refractivity contribution in [3.05, 3.63) is 53.5 Å². The van der Waals surface area contributed by atoms with E-state index in [0.717, 1.165) is 12.3 Å². The fourth-order valence-corrected chi connectivity index (χ4v) is 1.33. The fraction of sp³-hybridized carbons (Fsp3) is 0. The molecule has 1 N–H and O–H groups in total. The van der Waals surface area contributed by atoms with E-state index in [1.165, 1.54) is 24.3 Å². The minimum atomic E-state index is -1.11. The molecule has 0 spiro atoms. The summed E-state index contributed by atoms with van der Waals surface area (Å²) < 4.78 is 18.7. The van der Waals surface area contributed by atoms with Gasteiger partial charge in [-0.25, -0.2) is 14.2 Å². The van der Waals surface area contributed by atoms with Gasteiger partial charge in [-0.15, -0.1) is 0 Å². The first-order chi connectivity index (χ1) is 9.10. The Kier molecular flexibility index (Phi) is 3.39. The molecule has 0 radical (unpaired) electrons. The van der Waals surface area contributed by atoms with Gasteiger partial charge in [-0.1, -0.05) is 0 Å². The standard InChI is InChI=1S/C13H7FN2O3/c14-10-5-8(6-15)1-3-11(10)19-12-4-2-9(7-16-12)13(17)18/h1-5,7H,(H,17,18). The van der Waals surface area contributed by atoms with Gasteiger partial charge in [-0.3, -0.25) is 0 Å². The highest BCUT2D eigenvalue weighted by atomic mass is 19.1. The Bertz CT molecular complexity index is 663. The van der Waals surface area contributed by atoms with E-state index >= 15 is 0 Å². The van der Waals surface area contributed by atoms with Crippen molar-refractivity contribution in [1.82, 2.24) is 4.98 Å². The van der Waals surface area contributed by atoms with Crippen molar-refractivity contribution in [2.75, 3.05) is 0 Å². The van der Waals surface area contributed by atoms with Gasteiger partial charge in [-0.05, 0) is 24.3 Å². The van der Waals surface area contributed by atoms with Crippen LogP contribution in [0, 0.1) is 17.1 Å². The number of nitrogens with zero attached hydrogens (tertiary/aromatic N) is 2. The number of halogens is 1. The number of nitriles is 1. The zero-order valence-electron chi connectivity index (χ0n) is 9.50. The Hall–Kier alpha value is -2.94. The molecule has 94 valence electrons. The van der Waals surface area contributed by atoms with Gasteiger partial charge in [0, 0.05) is 12.3 Å². The lowest BCUT2D eigenvalue weighted by Gasteiger charge is -2.05. The van der Waals surface area contributed by atoms with E-state index in [1.54, 1.807) is 6.07 Å². The number of aromatic carboxylic acids is 1. The molecule has 1 aromatic heterocycles. The summed E-state index contributed by atoms with van der Waals surface area (Å²) >= 11 is 0. The Morgan fingerprint density at radius 3 is 2.68 bits per heavy atom. The maximum atomic E-state index is 13.5. The van der Waals surface area contributed by atoms with Crippen LogP contribution in [-0.2, 0) is 0 Å². The van der Waals surface area contributed by atoms with E-state index in [-0.39, 0.29) is 22.8 Å². The van der Waals surface area contributed by atoms with Crippen molar-refractivity contribution < 1.29 is 19.0 Å². The van der Waals surface area contributed by atoms with Crippen molar-refractivity contribution in [2.24, 2.45) is 0 Å². The third-order valence-corrected chi connectivity index (χ3v) is 2.26. The zero-order valence-corrected chi connectivity index (χ0v) is 9.50. The molecule has 0 atom stereocenters. The summed E-state index contributed by atoms with van der Waals surface area (Å²) in [6, 6.07) is 8.18. The SMILES string of the molecule is N#Cc1ccc(Oc2ccc(C(=O)O)cn2)c(F)c1. The smallest absolute Gasteiger partial charge is 0.337 e. The molecule has 19 heavy (non-hydrogen) atoms. The van der Waals surface area contributed by atoms with Gasteiger partial charge in [0.1, 0.15) is 0 Å². The second kappa shape index (κ2) is 5.14. The van der Waals surface area contributed by atoms with E-state index in [9.17, 15) is 9.18 Å². The highest BCUT2D eigenvalue weighted by molar-refractivity contribution is 5.87. The molecule has 0 unspecified atom stereocenters. The van der Waals surface area contributed by atoms with Crippen LogP contribution < -0.4 is 4.74 Å². The van der Waals surface area contributed by atoms with Crippen LogP contribution in [0.1, 0.15) is 15.9 Å². The normalized spacial score (nSPS) is 9.68. The summed E-state index contributed by atoms with van der Waals surface area (Å²) in [7, 11) is 0. The average Bonchev–Trinajstić information content (AvgIpc) is 2.41. The number of pyridine rings is 1. The number of hydrogen-bond acceptors (Lipinski definition) is 4. The van der Waals surface area contributed by atoms with Gasteiger partial charge in [0.05, 0.1) is 17.2 Å². The molecule has 0 amide bonds. The van der Waals surface area contributed by atoms with Gasteiger partial charge in [0.25, 0.3) is 0 Å². The molecule has 1 aromatic carbocycles. The summed E-state index contributed by atoms with van der Waals surface area (Å²) in [5.74, 6) is -1.82. The molecule has 2 rings (SSSR count). The van der Waals surface area contributed by atoms with E-state index < -0.39 is 11.8 Å². The summed E-state index contributed by atoms with van der Waals surface area (Å²) in [6.45, 7) is 0. The van der Waals surface area contributed by atoms with Crippen molar-refractivity contribution in [3.8, 4) is 17.7 Å². The van der Waals surface area contributed by atoms with Gasteiger partial charge < -0.3 is 9.84 Å². The van der Waals surface area contributed by atoms with Gasteiger partial charge in [0.15, 0.2) is 11.6 Å². The quantitative estimate of drug-likeness (QED) is 0.914. The van der Waals surface area contributed by atoms with Gasteiger partial charge in [-0.2, -0.15) is 5.26 Å². The summed E-state index contributed by atoms with van der Waals surface area (Å²) in [4.78, 5) is 14.4. The summed E-state index contributed by atoms with van der Waals surface area (Å²) in [6.07, 6.45) is 1.11. The topological polar surface area (TPSA) is 83.2 Å². The van der Waals surface area contributed by atoms with E-state index in [1.807, 2.05) is 0 Å². The lowest BCUT2D eigenvalue weighted by atomic mass is 10.2. The minimum absolute atomic E-state index is 0.00708. The number of hydrogen-bond donors (Lipinski definition) is 1. The van der Waals surface area contributed by atoms with E-state index in [0.29, 0.717) is 0 Å².